The van der Waals surface area contributed by atoms with E-state index in [9.17, 15) is 24.3 Å². The first kappa shape index (κ1) is 27.6. The summed E-state index contributed by atoms with van der Waals surface area (Å²) in [5.41, 5.74) is -1.63. The number of ether oxygens (including phenoxy) is 4. The van der Waals surface area contributed by atoms with Crippen LogP contribution >= 0.6 is 0 Å². The van der Waals surface area contributed by atoms with Crippen molar-refractivity contribution in [3.63, 3.8) is 0 Å². The number of rotatable bonds is 7. The van der Waals surface area contributed by atoms with Gasteiger partial charge in [0, 0.05) is 11.8 Å². The van der Waals surface area contributed by atoms with Crippen molar-refractivity contribution in [1.82, 2.24) is 0 Å². The van der Waals surface area contributed by atoms with Crippen LogP contribution in [0.25, 0.3) is 0 Å². The summed E-state index contributed by atoms with van der Waals surface area (Å²) in [5.74, 6) is -0.336. The zero-order valence-electron chi connectivity index (χ0n) is 22.4. The molecule has 9 heteroatoms. The topological polar surface area (TPSA) is 125 Å². The number of allylic oxidation sites excluding steroid dienone is 1. The van der Waals surface area contributed by atoms with Gasteiger partial charge in [-0.25, -0.2) is 9.59 Å². The average molecular weight is 521 g/mol. The molecule has 0 radical (unpaired) electrons. The van der Waals surface area contributed by atoms with Gasteiger partial charge in [0.2, 0.25) is 5.78 Å². The molecule has 206 valence electrons. The predicted octanol–water partition coefficient (Wildman–Crippen LogP) is 4.53. The molecule has 0 unspecified atom stereocenters. The third-order valence-electron chi connectivity index (χ3n) is 9.73. The summed E-state index contributed by atoms with van der Waals surface area (Å²) in [6.45, 7) is 7.23. The van der Waals surface area contributed by atoms with E-state index in [-0.39, 0.29) is 55.0 Å². The van der Waals surface area contributed by atoms with Crippen LogP contribution in [-0.4, -0.2) is 60.5 Å². The Hall–Kier alpha value is -2.42. The first-order valence-corrected chi connectivity index (χ1v) is 13.6. The van der Waals surface area contributed by atoms with Gasteiger partial charge in [-0.3, -0.25) is 9.59 Å². The average Bonchev–Trinajstić information content (AvgIpc) is 3.13. The normalized spacial score (nSPS) is 38.4. The highest BCUT2D eigenvalue weighted by atomic mass is 16.7. The first-order valence-electron chi connectivity index (χ1n) is 13.6. The van der Waals surface area contributed by atoms with E-state index in [1.807, 2.05) is 13.8 Å². The first-order chi connectivity index (χ1) is 17.5. The van der Waals surface area contributed by atoms with E-state index in [4.69, 9.17) is 18.9 Å². The number of carbonyl (C=O) groups excluding carboxylic acids is 4. The molecular weight excluding hydrogens is 480 g/mol. The van der Waals surface area contributed by atoms with Crippen molar-refractivity contribution in [2.45, 2.75) is 90.8 Å². The molecule has 4 aliphatic carbocycles. The quantitative estimate of drug-likeness (QED) is 0.482. The maximum absolute atomic E-state index is 13.7. The highest BCUT2D eigenvalue weighted by molar-refractivity contribution is 5.93. The minimum Gasteiger partial charge on any atom is -0.435 e. The molecule has 0 aromatic carbocycles. The maximum atomic E-state index is 13.7. The minimum absolute atomic E-state index is 0.00215. The Labute approximate surface area is 218 Å². The number of hydrogen-bond acceptors (Lipinski definition) is 9. The van der Waals surface area contributed by atoms with E-state index in [2.05, 4.69) is 6.92 Å². The van der Waals surface area contributed by atoms with Crippen molar-refractivity contribution >= 4 is 23.9 Å². The predicted molar refractivity (Wildman–Crippen MR) is 132 cm³/mol. The molecule has 0 aromatic heterocycles. The minimum atomic E-state index is -1.60. The van der Waals surface area contributed by atoms with Gasteiger partial charge in [0.25, 0.3) is 0 Å². The molecule has 4 rings (SSSR count). The molecule has 0 aromatic rings. The zero-order chi connectivity index (χ0) is 27.0. The monoisotopic (exact) mass is 520 g/mol. The van der Waals surface area contributed by atoms with Crippen molar-refractivity contribution < 1.29 is 43.2 Å². The molecule has 4 aliphatic rings. The van der Waals surface area contributed by atoms with Gasteiger partial charge in [-0.2, -0.15) is 0 Å². The van der Waals surface area contributed by atoms with E-state index < -0.39 is 41.8 Å². The number of fused-ring (bicyclic) bond motifs is 5. The fraction of sp³-hybridized carbons (Fsp3) is 0.786. The summed E-state index contributed by atoms with van der Waals surface area (Å²) < 4.78 is 20.9. The van der Waals surface area contributed by atoms with E-state index >= 15 is 0 Å². The van der Waals surface area contributed by atoms with Gasteiger partial charge in [-0.05, 0) is 81.1 Å². The summed E-state index contributed by atoms with van der Waals surface area (Å²) in [7, 11) is 0. The van der Waals surface area contributed by atoms with Crippen LogP contribution < -0.4 is 0 Å². The molecule has 37 heavy (non-hydrogen) atoms. The molecule has 3 saturated carbocycles. The highest BCUT2D eigenvalue weighted by Gasteiger charge is 2.70. The Morgan fingerprint density at radius 1 is 1.03 bits per heavy atom. The molecule has 0 bridgehead atoms. The van der Waals surface area contributed by atoms with Crippen molar-refractivity contribution in [3.05, 3.63) is 11.6 Å². The van der Waals surface area contributed by atoms with Gasteiger partial charge in [-0.1, -0.05) is 26.3 Å². The summed E-state index contributed by atoms with van der Waals surface area (Å²) in [6, 6.07) is 0. The third-order valence-corrected chi connectivity index (χ3v) is 9.73. The van der Waals surface area contributed by atoms with E-state index in [0.717, 1.165) is 18.4 Å². The van der Waals surface area contributed by atoms with Crippen molar-refractivity contribution in [1.29, 1.82) is 0 Å². The zero-order valence-corrected chi connectivity index (χ0v) is 22.4. The maximum Gasteiger partial charge on any atom is 0.509 e. The lowest BCUT2D eigenvalue weighted by atomic mass is 9.45. The SMILES string of the molecule is CCCOC(=O)OCC(=O)[C@@]1(OC(=O)OCC)CC[C@H]2[C@@H]3CCC4=CC(=O)CC[C@]4(C)[C@H]3[C@@H](O)C[C@@]21C. The standard InChI is InChI=1S/C28H40O9/c1-5-13-35-24(32)36-16-22(31)28(37-25(33)34-6-2)12-10-20-19-8-7-17-14-18(29)9-11-26(17,3)23(19)21(30)15-27(20,28)4/h14,19-21,23,30H,5-13,15-16H2,1-4H3/t19-,20-,21-,23+,26-,27-,28-/m0/s1. The van der Waals surface area contributed by atoms with Crippen LogP contribution in [0.5, 0.6) is 0 Å². The number of aliphatic hydroxyl groups is 1. The van der Waals surface area contributed by atoms with Crippen LogP contribution in [0.1, 0.15) is 79.1 Å². The Morgan fingerprint density at radius 3 is 2.49 bits per heavy atom. The smallest absolute Gasteiger partial charge is 0.435 e. The lowest BCUT2D eigenvalue weighted by molar-refractivity contribution is -0.187. The largest absolute Gasteiger partial charge is 0.509 e. The third kappa shape index (κ3) is 4.57. The molecule has 0 spiro atoms. The molecule has 0 aliphatic heterocycles. The van der Waals surface area contributed by atoms with Crippen LogP contribution in [0.4, 0.5) is 9.59 Å². The van der Waals surface area contributed by atoms with Crippen molar-refractivity contribution in [2.75, 3.05) is 19.8 Å². The molecule has 1 N–H and O–H groups in total. The van der Waals surface area contributed by atoms with Gasteiger partial charge < -0.3 is 24.1 Å². The molecular formula is C28H40O9. The summed E-state index contributed by atoms with van der Waals surface area (Å²) >= 11 is 0. The summed E-state index contributed by atoms with van der Waals surface area (Å²) in [6.07, 6.45) is 3.62. The van der Waals surface area contributed by atoms with Crippen LogP contribution in [0.15, 0.2) is 11.6 Å². The fourth-order valence-electron chi connectivity index (χ4n) is 8.12. The Bertz CT molecular complexity index is 973. The van der Waals surface area contributed by atoms with Crippen molar-refractivity contribution in [3.8, 4) is 0 Å². The van der Waals surface area contributed by atoms with Crippen LogP contribution in [-0.2, 0) is 28.5 Å². The number of carbonyl (C=O) groups is 4. The molecule has 0 saturated heterocycles. The second-order valence-corrected chi connectivity index (χ2v) is 11.5. The Balaban J connectivity index is 1.65. The second kappa shape index (κ2) is 10.4. The van der Waals surface area contributed by atoms with Gasteiger partial charge in [0.05, 0.1) is 19.3 Å². The van der Waals surface area contributed by atoms with Gasteiger partial charge in [-0.15, -0.1) is 0 Å². The molecule has 3 fully saturated rings. The van der Waals surface area contributed by atoms with Crippen molar-refractivity contribution in [2.24, 2.45) is 28.6 Å². The summed E-state index contributed by atoms with van der Waals surface area (Å²) in [4.78, 5) is 50.4. The van der Waals surface area contributed by atoms with Crippen LogP contribution in [0, 0.1) is 28.6 Å². The summed E-state index contributed by atoms with van der Waals surface area (Å²) in [5, 5.41) is 11.7. The second-order valence-electron chi connectivity index (χ2n) is 11.5. The van der Waals surface area contributed by atoms with E-state index in [1.54, 1.807) is 13.0 Å². The lowest BCUT2D eigenvalue weighted by Gasteiger charge is -2.60. The number of aliphatic hydroxyl groups excluding tert-OH is 1. The van der Waals surface area contributed by atoms with Crippen LogP contribution in [0.2, 0.25) is 0 Å². The lowest BCUT2D eigenvalue weighted by Crippen LogP contribution is -2.63. The molecule has 7 atom stereocenters. The molecule has 0 amide bonds. The van der Waals surface area contributed by atoms with E-state index in [1.165, 1.54) is 0 Å². The van der Waals surface area contributed by atoms with Gasteiger partial charge in [0.15, 0.2) is 18.0 Å². The number of hydrogen-bond donors (Lipinski definition) is 1. The van der Waals surface area contributed by atoms with Crippen LogP contribution in [0.3, 0.4) is 0 Å². The Morgan fingerprint density at radius 2 is 1.78 bits per heavy atom. The van der Waals surface area contributed by atoms with E-state index in [0.29, 0.717) is 25.7 Å². The highest BCUT2D eigenvalue weighted by Crippen LogP contribution is 2.68. The Kier molecular flexibility index (Phi) is 7.75. The van der Waals surface area contributed by atoms with Gasteiger partial charge in [0.1, 0.15) is 0 Å². The number of ketones is 2. The fourth-order valence-corrected chi connectivity index (χ4v) is 8.12. The number of Topliss-reactive ketones (excluding diaryl/α,β-unsaturated/α-hetero) is 1. The molecule has 0 heterocycles. The molecule has 9 nitrogen and oxygen atoms in total. The van der Waals surface area contributed by atoms with Gasteiger partial charge >= 0.3 is 12.3 Å².